The summed E-state index contributed by atoms with van der Waals surface area (Å²) in [5.41, 5.74) is 0.500. The van der Waals surface area contributed by atoms with Gasteiger partial charge in [-0.05, 0) is 37.3 Å². The minimum absolute atomic E-state index is 0.0481. The third-order valence-corrected chi connectivity index (χ3v) is 5.21. The van der Waals surface area contributed by atoms with Crippen LogP contribution in [-0.4, -0.2) is 33.2 Å². The lowest BCUT2D eigenvalue weighted by Gasteiger charge is -2.10. The van der Waals surface area contributed by atoms with E-state index in [2.05, 4.69) is 10.3 Å². The second-order valence-corrected chi connectivity index (χ2v) is 6.28. The SMILES string of the molecule is COc1c(F)cccc1-c1cn([C@@H]2CC[C@@]3(C(=O)O)C[C@@H]23)nn1. The van der Waals surface area contributed by atoms with Gasteiger partial charge in [0.2, 0.25) is 0 Å². The molecule has 0 unspecified atom stereocenters. The molecule has 0 spiro atoms. The van der Waals surface area contributed by atoms with Crippen LogP contribution in [0.5, 0.6) is 5.75 Å². The molecule has 120 valence electrons. The average Bonchev–Trinajstić information content (AvgIpc) is 2.92. The van der Waals surface area contributed by atoms with Crippen molar-refractivity contribution in [3.63, 3.8) is 0 Å². The zero-order chi connectivity index (χ0) is 16.2. The quantitative estimate of drug-likeness (QED) is 0.937. The van der Waals surface area contributed by atoms with Gasteiger partial charge in [-0.15, -0.1) is 5.10 Å². The van der Waals surface area contributed by atoms with E-state index < -0.39 is 17.2 Å². The summed E-state index contributed by atoms with van der Waals surface area (Å²) in [6.07, 6.45) is 3.90. The summed E-state index contributed by atoms with van der Waals surface area (Å²) in [4.78, 5) is 11.4. The molecule has 6 nitrogen and oxygen atoms in total. The summed E-state index contributed by atoms with van der Waals surface area (Å²) in [5.74, 6) is -0.911. The molecule has 23 heavy (non-hydrogen) atoms. The van der Waals surface area contributed by atoms with Crippen LogP contribution in [0, 0.1) is 17.2 Å². The van der Waals surface area contributed by atoms with Crippen LogP contribution in [0.1, 0.15) is 25.3 Å². The number of hydrogen-bond donors (Lipinski definition) is 1. The summed E-state index contributed by atoms with van der Waals surface area (Å²) in [6, 6.07) is 4.70. The highest BCUT2D eigenvalue weighted by molar-refractivity contribution is 5.79. The van der Waals surface area contributed by atoms with Crippen molar-refractivity contribution in [2.24, 2.45) is 11.3 Å². The predicted octanol–water partition coefficient (Wildman–Crippen LogP) is 2.52. The smallest absolute Gasteiger partial charge is 0.310 e. The Hall–Kier alpha value is -2.44. The molecule has 2 fully saturated rings. The van der Waals surface area contributed by atoms with Crippen LogP contribution >= 0.6 is 0 Å². The molecule has 2 aromatic rings. The molecule has 1 aromatic heterocycles. The van der Waals surface area contributed by atoms with E-state index in [-0.39, 0.29) is 17.7 Å². The van der Waals surface area contributed by atoms with Crippen molar-refractivity contribution in [1.82, 2.24) is 15.0 Å². The van der Waals surface area contributed by atoms with Gasteiger partial charge < -0.3 is 9.84 Å². The number of rotatable bonds is 4. The lowest BCUT2D eigenvalue weighted by molar-refractivity contribution is -0.143. The summed E-state index contributed by atoms with van der Waals surface area (Å²) in [7, 11) is 1.41. The third-order valence-electron chi connectivity index (χ3n) is 5.21. The molecule has 0 aliphatic heterocycles. The van der Waals surface area contributed by atoms with Gasteiger partial charge in [-0.2, -0.15) is 0 Å². The lowest BCUT2D eigenvalue weighted by atomic mass is 10.1. The number of benzene rings is 1. The molecule has 1 aromatic carbocycles. The number of carboxylic acid groups (broad SMARTS) is 1. The lowest BCUT2D eigenvalue weighted by Crippen LogP contribution is -2.14. The van der Waals surface area contributed by atoms with Gasteiger partial charge >= 0.3 is 5.97 Å². The number of halogens is 1. The highest BCUT2D eigenvalue weighted by atomic mass is 19.1. The van der Waals surface area contributed by atoms with Crippen molar-refractivity contribution in [2.45, 2.75) is 25.3 Å². The Labute approximate surface area is 131 Å². The minimum atomic E-state index is -0.711. The fraction of sp³-hybridized carbons (Fsp3) is 0.438. The Morgan fingerprint density at radius 2 is 2.35 bits per heavy atom. The molecule has 0 radical (unpaired) electrons. The molecule has 0 bridgehead atoms. The van der Waals surface area contributed by atoms with Gasteiger partial charge in [-0.3, -0.25) is 4.79 Å². The first kappa shape index (κ1) is 14.2. The molecule has 4 rings (SSSR count). The fourth-order valence-corrected chi connectivity index (χ4v) is 3.88. The molecule has 0 amide bonds. The maximum atomic E-state index is 13.8. The number of nitrogens with zero attached hydrogens (tertiary/aromatic N) is 3. The topological polar surface area (TPSA) is 77.2 Å². The zero-order valence-corrected chi connectivity index (χ0v) is 12.6. The molecular weight excluding hydrogens is 301 g/mol. The van der Waals surface area contributed by atoms with Gasteiger partial charge in [0.05, 0.1) is 24.8 Å². The number of aliphatic carboxylic acids is 1. The molecule has 2 aliphatic rings. The zero-order valence-electron chi connectivity index (χ0n) is 12.6. The van der Waals surface area contributed by atoms with Crippen molar-refractivity contribution in [3.05, 3.63) is 30.2 Å². The number of fused-ring (bicyclic) bond motifs is 1. The number of aromatic nitrogens is 3. The van der Waals surface area contributed by atoms with E-state index in [1.807, 2.05) is 0 Å². The highest BCUT2D eigenvalue weighted by Crippen LogP contribution is 2.67. The first-order chi connectivity index (χ1) is 11.1. The first-order valence-corrected chi connectivity index (χ1v) is 7.55. The molecular formula is C16H16FN3O3. The van der Waals surface area contributed by atoms with E-state index in [9.17, 15) is 14.3 Å². The standard InChI is InChI=1S/C16H16FN3O3/c1-23-14-9(3-2-4-11(14)17)12-8-20(19-18-12)13-5-6-16(15(21)22)7-10(13)16/h2-4,8,10,13H,5-7H2,1H3,(H,21,22)/t10-,13+,16+/m0/s1. The van der Waals surface area contributed by atoms with E-state index in [0.717, 1.165) is 6.42 Å². The second kappa shape index (κ2) is 4.78. The van der Waals surface area contributed by atoms with E-state index in [4.69, 9.17) is 4.74 Å². The van der Waals surface area contributed by atoms with Crippen LogP contribution in [0.3, 0.4) is 0 Å². The van der Waals surface area contributed by atoms with Gasteiger partial charge in [-0.25, -0.2) is 9.07 Å². The van der Waals surface area contributed by atoms with Crippen molar-refractivity contribution in [2.75, 3.05) is 7.11 Å². The Morgan fingerprint density at radius 1 is 1.52 bits per heavy atom. The van der Waals surface area contributed by atoms with Gasteiger partial charge in [0.25, 0.3) is 0 Å². The summed E-state index contributed by atoms with van der Waals surface area (Å²) in [5, 5.41) is 17.6. The van der Waals surface area contributed by atoms with Crippen LogP contribution in [0.4, 0.5) is 4.39 Å². The Kier molecular flexibility index (Phi) is 2.94. The molecule has 3 atom stereocenters. The minimum Gasteiger partial charge on any atom is -0.493 e. The summed E-state index contributed by atoms with van der Waals surface area (Å²) >= 11 is 0. The fourth-order valence-electron chi connectivity index (χ4n) is 3.88. The molecule has 0 saturated heterocycles. The number of hydrogen-bond acceptors (Lipinski definition) is 4. The molecule has 1 N–H and O–H groups in total. The number of carbonyl (C=O) groups is 1. The monoisotopic (exact) mass is 317 g/mol. The second-order valence-electron chi connectivity index (χ2n) is 6.28. The van der Waals surface area contributed by atoms with E-state index in [1.165, 1.54) is 13.2 Å². The number of carboxylic acids is 1. The number of methoxy groups -OCH3 is 1. The molecule has 7 heteroatoms. The molecule has 2 saturated carbocycles. The third kappa shape index (κ3) is 1.95. The Bertz CT molecular complexity index is 791. The van der Waals surface area contributed by atoms with E-state index in [1.54, 1.807) is 23.0 Å². The van der Waals surface area contributed by atoms with Crippen LogP contribution in [0.25, 0.3) is 11.3 Å². The largest absolute Gasteiger partial charge is 0.493 e. The highest BCUT2D eigenvalue weighted by Gasteiger charge is 2.67. The van der Waals surface area contributed by atoms with Crippen molar-refractivity contribution < 1.29 is 19.0 Å². The Balaban J connectivity index is 1.64. The van der Waals surface area contributed by atoms with Crippen LogP contribution in [-0.2, 0) is 4.79 Å². The predicted molar refractivity (Wildman–Crippen MR) is 78.4 cm³/mol. The maximum absolute atomic E-state index is 13.8. The van der Waals surface area contributed by atoms with Crippen LogP contribution in [0.2, 0.25) is 0 Å². The first-order valence-electron chi connectivity index (χ1n) is 7.55. The number of para-hydroxylation sites is 1. The van der Waals surface area contributed by atoms with E-state index >= 15 is 0 Å². The van der Waals surface area contributed by atoms with Crippen molar-refractivity contribution in [3.8, 4) is 17.0 Å². The Morgan fingerprint density at radius 3 is 3.00 bits per heavy atom. The molecule has 1 heterocycles. The summed E-state index contributed by atoms with van der Waals surface area (Å²) in [6.45, 7) is 0. The van der Waals surface area contributed by atoms with Crippen LogP contribution < -0.4 is 4.74 Å². The average molecular weight is 317 g/mol. The van der Waals surface area contributed by atoms with E-state index in [0.29, 0.717) is 24.1 Å². The molecule has 2 aliphatic carbocycles. The van der Waals surface area contributed by atoms with Gasteiger partial charge in [0.1, 0.15) is 5.69 Å². The maximum Gasteiger partial charge on any atom is 0.310 e. The van der Waals surface area contributed by atoms with Gasteiger partial charge in [-0.1, -0.05) is 11.3 Å². The van der Waals surface area contributed by atoms with Crippen LogP contribution in [0.15, 0.2) is 24.4 Å². The van der Waals surface area contributed by atoms with Gasteiger partial charge in [0.15, 0.2) is 11.6 Å². The van der Waals surface area contributed by atoms with Crippen molar-refractivity contribution in [1.29, 1.82) is 0 Å². The van der Waals surface area contributed by atoms with Gasteiger partial charge in [0, 0.05) is 5.56 Å². The number of ether oxygens (including phenoxy) is 1. The van der Waals surface area contributed by atoms with Crippen molar-refractivity contribution >= 4 is 5.97 Å². The summed E-state index contributed by atoms with van der Waals surface area (Å²) < 4.78 is 20.6. The normalized spacial score (nSPS) is 28.4.